The lowest BCUT2D eigenvalue weighted by atomic mass is 9.63. The molecule has 0 bridgehead atoms. The summed E-state index contributed by atoms with van der Waals surface area (Å²) in [4.78, 5) is 26.3. The van der Waals surface area contributed by atoms with E-state index in [2.05, 4.69) is 20.8 Å². The van der Waals surface area contributed by atoms with Crippen LogP contribution in [0.2, 0.25) is 0 Å². The standard InChI is InChI=1S/C29H56O6/c1-9-17-23(24(25(31)32)27(11-3,12-4)18-10-2)26(33)35-29(15-7,16-8)20-22-34-28(13-5,14-6)19-21-30/h23-24,30H,9-22H2,1-8H3,(H,31,32). The topological polar surface area (TPSA) is 93.1 Å². The van der Waals surface area contributed by atoms with Crippen molar-refractivity contribution in [3.63, 3.8) is 0 Å². The van der Waals surface area contributed by atoms with E-state index in [0.29, 0.717) is 38.7 Å². The minimum Gasteiger partial charge on any atom is -0.481 e. The van der Waals surface area contributed by atoms with Crippen LogP contribution in [0.25, 0.3) is 0 Å². The van der Waals surface area contributed by atoms with E-state index in [1.54, 1.807) is 0 Å². The van der Waals surface area contributed by atoms with Crippen LogP contribution >= 0.6 is 0 Å². The summed E-state index contributed by atoms with van der Waals surface area (Å²) < 4.78 is 12.5. The highest BCUT2D eigenvalue weighted by atomic mass is 16.6. The third-order valence-electron chi connectivity index (χ3n) is 8.81. The molecule has 0 aliphatic carbocycles. The number of aliphatic hydroxyl groups excluding tert-OH is 1. The van der Waals surface area contributed by atoms with Crippen molar-refractivity contribution in [2.75, 3.05) is 13.2 Å². The van der Waals surface area contributed by atoms with Crippen LogP contribution in [0, 0.1) is 17.3 Å². The third kappa shape index (κ3) is 9.03. The maximum absolute atomic E-state index is 13.7. The average Bonchev–Trinajstić information content (AvgIpc) is 2.86. The van der Waals surface area contributed by atoms with E-state index >= 15 is 0 Å². The summed E-state index contributed by atoms with van der Waals surface area (Å²) in [7, 11) is 0. The van der Waals surface area contributed by atoms with Crippen molar-refractivity contribution >= 4 is 11.9 Å². The van der Waals surface area contributed by atoms with Gasteiger partial charge in [-0.1, -0.05) is 68.2 Å². The maximum atomic E-state index is 13.7. The molecule has 2 unspecified atom stereocenters. The number of hydrogen-bond donors (Lipinski definition) is 2. The van der Waals surface area contributed by atoms with Crippen LogP contribution in [0.1, 0.15) is 132 Å². The first-order valence-electron chi connectivity index (χ1n) is 14.3. The molecule has 6 nitrogen and oxygen atoms in total. The fraction of sp³-hybridized carbons (Fsp3) is 0.931. The molecule has 0 radical (unpaired) electrons. The Morgan fingerprint density at radius 2 is 1.29 bits per heavy atom. The summed E-state index contributed by atoms with van der Waals surface area (Å²) in [5, 5.41) is 19.8. The number of hydrogen-bond acceptors (Lipinski definition) is 5. The second kappa shape index (κ2) is 16.6. The zero-order valence-electron chi connectivity index (χ0n) is 24.1. The maximum Gasteiger partial charge on any atom is 0.310 e. The zero-order chi connectivity index (χ0) is 27.1. The van der Waals surface area contributed by atoms with Crippen LogP contribution in [0.3, 0.4) is 0 Å². The molecule has 0 heterocycles. The number of ether oxygens (including phenoxy) is 2. The Morgan fingerprint density at radius 1 is 0.743 bits per heavy atom. The van der Waals surface area contributed by atoms with Gasteiger partial charge in [0, 0.05) is 13.0 Å². The largest absolute Gasteiger partial charge is 0.481 e. The van der Waals surface area contributed by atoms with E-state index in [1.807, 2.05) is 34.6 Å². The summed E-state index contributed by atoms with van der Waals surface area (Å²) >= 11 is 0. The summed E-state index contributed by atoms with van der Waals surface area (Å²) in [6.45, 7) is 16.8. The molecular formula is C29H56O6. The summed E-state index contributed by atoms with van der Waals surface area (Å²) in [6.07, 6.45) is 8.38. The second-order valence-electron chi connectivity index (χ2n) is 10.3. The van der Waals surface area contributed by atoms with Crippen molar-refractivity contribution in [2.45, 2.75) is 144 Å². The molecule has 2 N–H and O–H groups in total. The quantitative estimate of drug-likeness (QED) is 0.162. The van der Waals surface area contributed by atoms with Gasteiger partial charge in [-0.15, -0.1) is 0 Å². The average molecular weight is 501 g/mol. The summed E-state index contributed by atoms with van der Waals surface area (Å²) in [6, 6.07) is 0. The van der Waals surface area contributed by atoms with Gasteiger partial charge in [0.15, 0.2) is 0 Å². The number of rotatable bonds is 21. The molecule has 208 valence electrons. The van der Waals surface area contributed by atoms with Crippen molar-refractivity contribution in [3.05, 3.63) is 0 Å². The highest BCUT2D eigenvalue weighted by Gasteiger charge is 2.48. The first-order valence-corrected chi connectivity index (χ1v) is 14.3. The van der Waals surface area contributed by atoms with Gasteiger partial charge in [-0.05, 0) is 63.2 Å². The molecule has 35 heavy (non-hydrogen) atoms. The van der Waals surface area contributed by atoms with Crippen LogP contribution in [-0.4, -0.2) is 46.6 Å². The van der Waals surface area contributed by atoms with Crippen molar-refractivity contribution in [1.29, 1.82) is 0 Å². The number of esters is 1. The van der Waals surface area contributed by atoms with E-state index < -0.39 is 28.8 Å². The van der Waals surface area contributed by atoms with Crippen LogP contribution < -0.4 is 0 Å². The van der Waals surface area contributed by atoms with E-state index in [-0.39, 0.29) is 18.2 Å². The molecule has 0 saturated carbocycles. The van der Waals surface area contributed by atoms with E-state index in [4.69, 9.17) is 9.47 Å². The van der Waals surface area contributed by atoms with Crippen molar-refractivity contribution < 1.29 is 29.3 Å². The van der Waals surface area contributed by atoms with E-state index in [9.17, 15) is 19.8 Å². The predicted octanol–water partition coefficient (Wildman–Crippen LogP) is 7.16. The molecule has 0 aliphatic rings. The first-order chi connectivity index (χ1) is 16.6. The Labute approximate surface area is 215 Å². The summed E-state index contributed by atoms with van der Waals surface area (Å²) in [5.41, 5.74) is -1.48. The van der Waals surface area contributed by atoms with Gasteiger partial charge in [-0.25, -0.2) is 0 Å². The van der Waals surface area contributed by atoms with Gasteiger partial charge >= 0.3 is 11.9 Å². The molecule has 0 saturated heterocycles. The van der Waals surface area contributed by atoms with E-state index in [1.165, 1.54) is 0 Å². The smallest absolute Gasteiger partial charge is 0.310 e. The Kier molecular flexibility index (Phi) is 16.0. The number of carboxylic acid groups (broad SMARTS) is 1. The Hall–Kier alpha value is -1.14. The fourth-order valence-electron chi connectivity index (χ4n) is 5.91. The first kappa shape index (κ1) is 33.9. The van der Waals surface area contributed by atoms with Gasteiger partial charge in [-0.3, -0.25) is 9.59 Å². The van der Waals surface area contributed by atoms with Crippen molar-refractivity contribution in [1.82, 2.24) is 0 Å². The molecule has 6 heteroatoms. The molecule has 0 aliphatic heterocycles. The van der Waals surface area contributed by atoms with Crippen molar-refractivity contribution in [2.24, 2.45) is 17.3 Å². The second-order valence-corrected chi connectivity index (χ2v) is 10.3. The normalized spacial score (nSPS) is 14.5. The lowest BCUT2D eigenvalue weighted by molar-refractivity contribution is -0.180. The van der Waals surface area contributed by atoms with Crippen LogP contribution in [0.15, 0.2) is 0 Å². The highest BCUT2D eigenvalue weighted by molar-refractivity contribution is 5.82. The monoisotopic (exact) mass is 500 g/mol. The zero-order valence-corrected chi connectivity index (χ0v) is 24.1. The van der Waals surface area contributed by atoms with Gasteiger partial charge in [-0.2, -0.15) is 0 Å². The Bertz CT molecular complexity index is 590. The van der Waals surface area contributed by atoms with Gasteiger partial charge in [0.25, 0.3) is 0 Å². The van der Waals surface area contributed by atoms with Gasteiger partial charge in [0.1, 0.15) is 5.60 Å². The molecule has 0 amide bonds. The minimum atomic E-state index is -0.890. The number of carbonyl (C=O) groups excluding carboxylic acids is 1. The summed E-state index contributed by atoms with van der Waals surface area (Å²) in [5.74, 6) is -2.69. The number of aliphatic carboxylic acids is 1. The SMILES string of the molecule is CCCC(C(=O)OC(CC)(CC)CCOC(CC)(CC)CCO)C(C(=O)O)C(CC)(CC)CCC. The van der Waals surface area contributed by atoms with Gasteiger partial charge in [0.05, 0.1) is 24.0 Å². The number of carbonyl (C=O) groups is 2. The minimum absolute atomic E-state index is 0.0764. The molecule has 0 rings (SSSR count). The lowest BCUT2D eigenvalue weighted by Crippen LogP contribution is -2.46. The fourth-order valence-corrected chi connectivity index (χ4v) is 5.91. The van der Waals surface area contributed by atoms with Crippen LogP contribution in [-0.2, 0) is 19.1 Å². The molecule has 0 aromatic heterocycles. The Balaban J connectivity index is 5.93. The highest BCUT2D eigenvalue weighted by Crippen LogP contribution is 2.46. The predicted molar refractivity (Wildman–Crippen MR) is 142 cm³/mol. The third-order valence-corrected chi connectivity index (χ3v) is 8.81. The van der Waals surface area contributed by atoms with Crippen molar-refractivity contribution in [3.8, 4) is 0 Å². The molecule has 0 aromatic carbocycles. The number of aliphatic hydroxyl groups is 1. The molecule has 0 spiro atoms. The Morgan fingerprint density at radius 3 is 1.66 bits per heavy atom. The van der Waals surface area contributed by atoms with Gasteiger partial charge in [0.2, 0.25) is 0 Å². The molecule has 2 atom stereocenters. The van der Waals surface area contributed by atoms with Crippen LogP contribution in [0.5, 0.6) is 0 Å². The van der Waals surface area contributed by atoms with E-state index in [0.717, 1.165) is 44.9 Å². The molecule has 0 aromatic rings. The van der Waals surface area contributed by atoms with Gasteiger partial charge < -0.3 is 19.7 Å². The molecule has 0 fully saturated rings. The number of carboxylic acids is 1. The van der Waals surface area contributed by atoms with Crippen LogP contribution in [0.4, 0.5) is 0 Å². The lowest BCUT2D eigenvalue weighted by Gasteiger charge is -2.42. The molecular weight excluding hydrogens is 444 g/mol.